The first-order valence-electron chi connectivity index (χ1n) is 8.91. The number of imidazole rings is 1. The van der Waals surface area contributed by atoms with E-state index in [1.54, 1.807) is 0 Å². The maximum Gasteiger partial charge on any atom is 0.264 e. The zero-order valence-electron chi connectivity index (χ0n) is 15.6. The summed E-state index contributed by atoms with van der Waals surface area (Å²) in [5.74, 6) is 1.40. The molecule has 1 aromatic carbocycles. The quantitative estimate of drug-likeness (QED) is 0.612. The van der Waals surface area contributed by atoms with E-state index >= 15 is 0 Å². The highest BCUT2D eigenvalue weighted by Gasteiger charge is 2.20. The van der Waals surface area contributed by atoms with Gasteiger partial charge in [0.05, 0.1) is 11.4 Å². The van der Waals surface area contributed by atoms with E-state index in [1.165, 1.54) is 22.5 Å². The van der Waals surface area contributed by atoms with Crippen molar-refractivity contribution >= 4 is 17.2 Å². The van der Waals surface area contributed by atoms with Crippen molar-refractivity contribution in [2.24, 2.45) is 5.92 Å². The van der Waals surface area contributed by atoms with E-state index in [9.17, 15) is 4.79 Å². The molecule has 2 aromatic heterocycles. The predicted molar refractivity (Wildman–Crippen MR) is 106 cm³/mol. The van der Waals surface area contributed by atoms with Gasteiger partial charge in [0.2, 0.25) is 0 Å². The van der Waals surface area contributed by atoms with Crippen LogP contribution >= 0.6 is 11.3 Å². The lowest BCUT2D eigenvalue weighted by atomic mass is 10.1. The summed E-state index contributed by atoms with van der Waals surface area (Å²) in [5, 5.41) is 1.94. The van der Waals surface area contributed by atoms with E-state index in [0.29, 0.717) is 19.0 Å². The second-order valence-electron chi connectivity index (χ2n) is 7.02. The lowest BCUT2D eigenvalue weighted by Crippen LogP contribution is -2.34. The topological polar surface area (TPSA) is 38.1 Å². The average Bonchev–Trinajstić information content (AvgIpc) is 3.26. The molecule has 0 aliphatic rings. The van der Waals surface area contributed by atoms with Gasteiger partial charge in [0.25, 0.3) is 5.91 Å². The number of aryl methyl sites for hydroxylation is 1. The van der Waals surface area contributed by atoms with Gasteiger partial charge in [0, 0.05) is 25.5 Å². The third kappa shape index (κ3) is 4.61. The van der Waals surface area contributed by atoms with Crippen LogP contribution in [-0.2, 0) is 13.1 Å². The van der Waals surface area contributed by atoms with Crippen LogP contribution in [0.25, 0.3) is 0 Å². The molecule has 0 aliphatic heterocycles. The summed E-state index contributed by atoms with van der Waals surface area (Å²) in [6.07, 6.45) is 3.80. The molecule has 0 N–H and O–H groups in total. The van der Waals surface area contributed by atoms with Gasteiger partial charge in [-0.25, -0.2) is 4.98 Å². The molecule has 0 saturated heterocycles. The Labute approximate surface area is 159 Å². The maximum absolute atomic E-state index is 12.9. The normalized spacial score (nSPS) is 11.1. The number of carbonyl (C=O) groups is 1. The molecular weight excluding hydrogens is 342 g/mol. The monoisotopic (exact) mass is 367 g/mol. The molecule has 0 fully saturated rings. The molecule has 0 radical (unpaired) electrons. The maximum atomic E-state index is 12.9. The third-order valence-corrected chi connectivity index (χ3v) is 5.03. The molecular formula is C21H25N3OS. The molecule has 0 spiro atoms. The molecule has 26 heavy (non-hydrogen) atoms. The number of hydrogen-bond donors (Lipinski definition) is 0. The molecule has 5 heteroatoms. The predicted octanol–water partition coefficient (Wildman–Crippen LogP) is 4.60. The highest BCUT2D eigenvalue weighted by atomic mass is 32.1. The van der Waals surface area contributed by atoms with Crippen molar-refractivity contribution in [1.29, 1.82) is 0 Å². The van der Waals surface area contributed by atoms with E-state index < -0.39 is 0 Å². The zero-order valence-corrected chi connectivity index (χ0v) is 16.4. The third-order valence-electron chi connectivity index (χ3n) is 4.17. The van der Waals surface area contributed by atoms with Crippen LogP contribution in [0.5, 0.6) is 0 Å². The van der Waals surface area contributed by atoms with Crippen LogP contribution in [0.3, 0.4) is 0 Å². The Morgan fingerprint density at radius 1 is 1.27 bits per heavy atom. The Kier molecular flexibility index (Phi) is 5.89. The van der Waals surface area contributed by atoms with Gasteiger partial charge in [-0.1, -0.05) is 49.7 Å². The van der Waals surface area contributed by atoms with Crippen molar-refractivity contribution < 1.29 is 4.79 Å². The number of nitrogens with zero attached hydrogens (tertiary/aromatic N) is 3. The molecule has 0 aliphatic carbocycles. The lowest BCUT2D eigenvalue weighted by Gasteiger charge is -2.24. The van der Waals surface area contributed by atoms with Gasteiger partial charge < -0.3 is 9.47 Å². The molecule has 136 valence electrons. The minimum atomic E-state index is 0.0822. The number of thiophene rings is 1. The first-order valence-corrected chi connectivity index (χ1v) is 9.79. The van der Waals surface area contributed by atoms with Crippen molar-refractivity contribution in [3.63, 3.8) is 0 Å². The molecule has 3 rings (SSSR count). The smallest absolute Gasteiger partial charge is 0.264 e. The van der Waals surface area contributed by atoms with Crippen molar-refractivity contribution in [2.75, 3.05) is 6.54 Å². The molecule has 3 aromatic rings. The molecule has 0 atom stereocenters. The summed E-state index contributed by atoms with van der Waals surface area (Å²) in [6.45, 7) is 8.37. The number of benzene rings is 1. The van der Waals surface area contributed by atoms with Gasteiger partial charge in [0.1, 0.15) is 5.82 Å². The highest BCUT2D eigenvalue weighted by molar-refractivity contribution is 7.12. The van der Waals surface area contributed by atoms with Crippen LogP contribution in [0, 0.1) is 12.8 Å². The van der Waals surface area contributed by atoms with Gasteiger partial charge in [-0.15, -0.1) is 11.3 Å². The van der Waals surface area contributed by atoms with E-state index in [0.717, 1.165) is 17.2 Å². The lowest BCUT2D eigenvalue weighted by molar-refractivity contribution is 0.0721. The van der Waals surface area contributed by atoms with Crippen LogP contribution in [0.15, 0.2) is 54.2 Å². The van der Waals surface area contributed by atoms with Crippen molar-refractivity contribution in [2.45, 2.75) is 33.9 Å². The van der Waals surface area contributed by atoms with E-state index in [-0.39, 0.29) is 5.91 Å². The minimum absolute atomic E-state index is 0.0822. The zero-order chi connectivity index (χ0) is 18.5. The van der Waals surface area contributed by atoms with Gasteiger partial charge in [-0.3, -0.25) is 4.79 Å². The largest absolute Gasteiger partial charge is 0.330 e. The number of amides is 1. The molecule has 0 saturated carbocycles. The van der Waals surface area contributed by atoms with Crippen LogP contribution in [0.2, 0.25) is 0 Å². The Morgan fingerprint density at radius 3 is 2.81 bits per heavy atom. The minimum Gasteiger partial charge on any atom is -0.330 e. The Balaban J connectivity index is 1.79. The summed E-state index contributed by atoms with van der Waals surface area (Å²) >= 11 is 1.49. The second-order valence-corrected chi connectivity index (χ2v) is 7.96. The second kappa shape index (κ2) is 8.32. The number of carbonyl (C=O) groups excluding carboxylic acids is 1. The summed E-state index contributed by atoms with van der Waals surface area (Å²) in [6, 6.07) is 12.3. The fourth-order valence-corrected chi connectivity index (χ4v) is 3.72. The highest BCUT2D eigenvalue weighted by Crippen LogP contribution is 2.16. The van der Waals surface area contributed by atoms with E-state index in [2.05, 4.69) is 54.6 Å². The van der Waals surface area contributed by atoms with Crippen LogP contribution < -0.4 is 0 Å². The SMILES string of the molecule is Cc1cccc(Cn2ccnc2CN(CC(C)C)C(=O)c2cccs2)c1. The summed E-state index contributed by atoms with van der Waals surface area (Å²) < 4.78 is 2.13. The molecule has 0 bridgehead atoms. The summed E-state index contributed by atoms with van der Waals surface area (Å²) in [7, 11) is 0. The van der Waals surface area contributed by atoms with Crippen molar-refractivity contribution in [1.82, 2.24) is 14.5 Å². The molecule has 0 unspecified atom stereocenters. The number of aromatic nitrogens is 2. The molecule has 2 heterocycles. The van der Waals surface area contributed by atoms with E-state index in [1.807, 2.05) is 34.8 Å². The summed E-state index contributed by atoms with van der Waals surface area (Å²) in [4.78, 5) is 20.1. The van der Waals surface area contributed by atoms with Gasteiger partial charge in [0.15, 0.2) is 0 Å². The Bertz CT molecular complexity index is 852. The van der Waals surface area contributed by atoms with Crippen LogP contribution in [0.1, 0.15) is 40.5 Å². The first-order chi connectivity index (χ1) is 12.5. The Hall–Kier alpha value is -2.40. The Morgan fingerprint density at radius 2 is 2.12 bits per heavy atom. The summed E-state index contributed by atoms with van der Waals surface area (Å²) in [5.41, 5.74) is 2.49. The standard InChI is InChI=1S/C21H25N3OS/c1-16(2)13-24(21(25)19-8-5-11-26-19)15-20-22-9-10-23(20)14-18-7-4-6-17(3)12-18/h4-12,16H,13-15H2,1-3H3. The molecule has 1 amide bonds. The van der Waals surface area contributed by atoms with Crippen LogP contribution in [0.4, 0.5) is 0 Å². The number of rotatable bonds is 7. The average molecular weight is 368 g/mol. The number of hydrogen-bond acceptors (Lipinski definition) is 3. The van der Waals surface area contributed by atoms with Gasteiger partial charge in [-0.05, 0) is 29.9 Å². The fourth-order valence-electron chi connectivity index (χ4n) is 3.03. The van der Waals surface area contributed by atoms with Gasteiger partial charge >= 0.3 is 0 Å². The first kappa shape index (κ1) is 18.4. The van der Waals surface area contributed by atoms with Crippen molar-refractivity contribution in [3.8, 4) is 0 Å². The molecule has 4 nitrogen and oxygen atoms in total. The fraction of sp³-hybridized carbons (Fsp3) is 0.333. The van der Waals surface area contributed by atoms with Crippen molar-refractivity contribution in [3.05, 3.63) is 76.0 Å². The van der Waals surface area contributed by atoms with E-state index in [4.69, 9.17) is 0 Å². The van der Waals surface area contributed by atoms with Gasteiger partial charge in [-0.2, -0.15) is 0 Å². The van der Waals surface area contributed by atoms with Crippen LogP contribution in [-0.4, -0.2) is 26.9 Å².